The highest BCUT2D eigenvalue weighted by atomic mass is 16.5. The third-order valence-electron chi connectivity index (χ3n) is 4.97. The second-order valence-corrected chi connectivity index (χ2v) is 7.28. The number of methoxy groups -OCH3 is 1. The number of amides is 2. The van der Waals surface area contributed by atoms with Gasteiger partial charge in [0.2, 0.25) is 11.8 Å². The summed E-state index contributed by atoms with van der Waals surface area (Å²) in [4.78, 5) is 34.1. The molecule has 1 aliphatic rings. The predicted molar refractivity (Wildman–Crippen MR) is 108 cm³/mol. The molecule has 0 saturated carbocycles. The van der Waals surface area contributed by atoms with E-state index in [-0.39, 0.29) is 11.8 Å². The van der Waals surface area contributed by atoms with Gasteiger partial charge in [-0.2, -0.15) is 0 Å². The number of nitrogens with zero attached hydrogens (tertiary/aromatic N) is 3. The van der Waals surface area contributed by atoms with Crippen LogP contribution in [0.15, 0.2) is 48.7 Å². The number of ether oxygens (including phenoxy) is 1. The fourth-order valence-electron chi connectivity index (χ4n) is 3.16. The summed E-state index contributed by atoms with van der Waals surface area (Å²) in [6.07, 6.45) is 1.76. The van der Waals surface area contributed by atoms with Gasteiger partial charge in [0.25, 0.3) is 0 Å². The normalized spacial score (nSPS) is 14.5. The molecule has 1 saturated heterocycles. The maximum Gasteiger partial charge on any atom is 0.239 e. The van der Waals surface area contributed by atoms with Crippen LogP contribution in [0.25, 0.3) is 0 Å². The van der Waals surface area contributed by atoms with Crippen LogP contribution in [-0.4, -0.2) is 55.0 Å². The van der Waals surface area contributed by atoms with Crippen molar-refractivity contribution in [2.45, 2.75) is 13.8 Å². The number of aromatic nitrogens is 1. The number of pyridine rings is 1. The highest BCUT2D eigenvalue weighted by Crippen LogP contribution is 2.25. The third kappa shape index (κ3) is 4.24. The predicted octanol–water partition coefficient (Wildman–Crippen LogP) is 2.40. The summed E-state index contributed by atoms with van der Waals surface area (Å²) in [6, 6.07) is 12.9. The molecule has 0 spiro atoms. The van der Waals surface area contributed by atoms with E-state index in [1.165, 1.54) is 0 Å². The van der Waals surface area contributed by atoms with Crippen molar-refractivity contribution >= 4 is 23.3 Å². The van der Waals surface area contributed by atoms with Gasteiger partial charge in [0, 0.05) is 44.1 Å². The highest BCUT2D eigenvalue weighted by Gasteiger charge is 2.40. The van der Waals surface area contributed by atoms with Crippen LogP contribution >= 0.6 is 0 Å². The molecule has 1 aromatic carbocycles. The molecule has 1 fully saturated rings. The van der Waals surface area contributed by atoms with E-state index in [4.69, 9.17) is 4.74 Å². The molecule has 28 heavy (non-hydrogen) atoms. The average Bonchev–Trinajstić information content (AvgIpc) is 2.74. The van der Waals surface area contributed by atoms with Crippen LogP contribution in [0.4, 0.5) is 11.5 Å². The van der Waals surface area contributed by atoms with Crippen LogP contribution in [0.3, 0.4) is 0 Å². The Morgan fingerprint density at radius 2 is 1.82 bits per heavy atom. The van der Waals surface area contributed by atoms with Crippen LogP contribution in [0.2, 0.25) is 0 Å². The van der Waals surface area contributed by atoms with E-state index in [9.17, 15) is 9.59 Å². The number of anilines is 2. The molecule has 1 N–H and O–H groups in total. The van der Waals surface area contributed by atoms with Gasteiger partial charge >= 0.3 is 0 Å². The molecule has 2 amide bonds. The van der Waals surface area contributed by atoms with E-state index in [2.05, 4.69) is 15.2 Å². The Morgan fingerprint density at radius 3 is 2.46 bits per heavy atom. The van der Waals surface area contributed by atoms with Crippen molar-refractivity contribution in [2.75, 3.05) is 43.5 Å². The van der Waals surface area contributed by atoms with Gasteiger partial charge in [0.1, 0.15) is 17.0 Å². The van der Waals surface area contributed by atoms with Gasteiger partial charge in [-0.1, -0.05) is 12.1 Å². The summed E-state index contributed by atoms with van der Waals surface area (Å²) >= 11 is 0. The molecule has 3 rings (SSSR count). The molecule has 7 nitrogen and oxygen atoms in total. The van der Waals surface area contributed by atoms with Crippen LogP contribution < -0.4 is 15.0 Å². The Labute approximate surface area is 165 Å². The van der Waals surface area contributed by atoms with Gasteiger partial charge in [-0.15, -0.1) is 0 Å². The fraction of sp³-hybridized carbons (Fsp3) is 0.381. The van der Waals surface area contributed by atoms with Crippen molar-refractivity contribution in [3.05, 3.63) is 48.7 Å². The molecule has 7 heteroatoms. The first kappa shape index (κ1) is 19.7. The van der Waals surface area contributed by atoms with Gasteiger partial charge in [-0.25, -0.2) is 4.98 Å². The van der Waals surface area contributed by atoms with Crippen molar-refractivity contribution in [3.8, 4) is 5.75 Å². The van der Waals surface area contributed by atoms with Crippen molar-refractivity contribution in [3.63, 3.8) is 0 Å². The molecule has 0 unspecified atom stereocenters. The number of benzene rings is 1. The summed E-state index contributed by atoms with van der Waals surface area (Å²) in [6.45, 7) is 5.83. The first-order chi connectivity index (χ1) is 13.4. The average molecular weight is 382 g/mol. The zero-order chi connectivity index (χ0) is 20.1. The highest BCUT2D eigenvalue weighted by molar-refractivity contribution is 6.09. The number of nitrogens with one attached hydrogen (secondary N) is 1. The topological polar surface area (TPSA) is 74.8 Å². The summed E-state index contributed by atoms with van der Waals surface area (Å²) in [7, 11) is 1.57. The molecule has 1 aromatic heterocycles. The molecule has 0 atom stereocenters. The van der Waals surface area contributed by atoms with Gasteiger partial charge in [0.05, 0.1) is 7.11 Å². The quantitative estimate of drug-likeness (QED) is 0.804. The Hall–Kier alpha value is -3.09. The number of piperazine rings is 1. The standard InChI is InChI=1S/C21H26N4O3/c1-21(2,19(26)23-16-7-6-8-17(15-16)28-3)20(27)25-13-11-24(12-14-25)18-9-4-5-10-22-18/h4-10,15H,11-14H2,1-3H3,(H,23,26). The van der Waals surface area contributed by atoms with Crippen LogP contribution in [0.5, 0.6) is 5.75 Å². The summed E-state index contributed by atoms with van der Waals surface area (Å²) in [5, 5.41) is 2.82. The Bertz CT molecular complexity index is 831. The summed E-state index contributed by atoms with van der Waals surface area (Å²) in [5.41, 5.74) is -0.568. The zero-order valence-corrected chi connectivity index (χ0v) is 16.5. The van der Waals surface area contributed by atoms with E-state index in [0.717, 1.165) is 5.82 Å². The lowest BCUT2D eigenvalue weighted by molar-refractivity contribution is -0.146. The number of carbonyl (C=O) groups excluding carboxylic acids is 2. The number of rotatable bonds is 5. The molecular formula is C21H26N4O3. The lowest BCUT2D eigenvalue weighted by Crippen LogP contribution is -2.54. The minimum absolute atomic E-state index is 0.173. The van der Waals surface area contributed by atoms with Gasteiger partial charge < -0.3 is 19.9 Å². The van der Waals surface area contributed by atoms with Crippen molar-refractivity contribution in [2.24, 2.45) is 5.41 Å². The monoisotopic (exact) mass is 382 g/mol. The molecule has 2 heterocycles. The molecule has 0 radical (unpaired) electrons. The van der Waals surface area contributed by atoms with Crippen LogP contribution in [0, 0.1) is 5.41 Å². The molecular weight excluding hydrogens is 356 g/mol. The first-order valence-corrected chi connectivity index (χ1v) is 9.32. The smallest absolute Gasteiger partial charge is 0.239 e. The Morgan fingerprint density at radius 1 is 1.07 bits per heavy atom. The number of carbonyl (C=O) groups is 2. The van der Waals surface area contributed by atoms with Gasteiger partial charge in [0.15, 0.2) is 0 Å². The lowest BCUT2D eigenvalue weighted by atomic mass is 9.89. The third-order valence-corrected chi connectivity index (χ3v) is 4.97. The van der Waals surface area contributed by atoms with E-state index in [1.807, 2.05) is 18.2 Å². The minimum atomic E-state index is -1.17. The maximum absolute atomic E-state index is 13.0. The maximum atomic E-state index is 13.0. The van der Waals surface area contributed by atoms with E-state index >= 15 is 0 Å². The van der Waals surface area contributed by atoms with E-state index in [1.54, 1.807) is 56.3 Å². The van der Waals surface area contributed by atoms with E-state index < -0.39 is 5.41 Å². The number of hydrogen-bond donors (Lipinski definition) is 1. The van der Waals surface area contributed by atoms with Crippen molar-refractivity contribution in [1.82, 2.24) is 9.88 Å². The van der Waals surface area contributed by atoms with Crippen molar-refractivity contribution < 1.29 is 14.3 Å². The van der Waals surface area contributed by atoms with Gasteiger partial charge in [-0.3, -0.25) is 9.59 Å². The molecule has 0 bridgehead atoms. The lowest BCUT2D eigenvalue weighted by Gasteiger charge is -2.38. The molecule has 0 aliphatic carbocycles. The molecule has 1 aliphatic heterocycles. The largest absolute Gasteiger partial charge is 0.497 e. The second kappa shape index (κ2) is 8.29. The second-order valence-electron chi connectivity index (χ2n) is 7.28. The van der Waals surface area contributed by atoms with Crippen molar-refractivity contribution in [1.29, 1.82) is 0 Å². The summed E-state index contributed by atoms with van der Waals surface area (Å²) in [5.74, 6) is 1.05. The van der Waals surface area contributed by atoms with Crippen LogP contribution in [0.1, 0.15) is 13.8 Å². The number of hydrogen-bond acceptors (Lipinski definition) is 5. The molecule has 148 valence electrons. The summed E-state index contributed by atoms with van der Waals surface area (Å²) < 4.78 is 5.17. The molecule has 2 aromatic rings. The Balaban J connectivity index is 1.61. The van der Waals surface area contributed by atoms with Crippen LogP contribution in [-0.2, 0) is 9.59 Å². The van der Waals surface area contributed by atoms with Gasteiger partial charge in [-0.05, 0) is 38.1 Å². The Kier molecular flexibility index (Phi) is 5.82. The minimum Gasteiger partial charge on any atom is -0.497 e. The fourth-order valence-corrected chi connectivity index (χ4v) is 3.16. The first-order valence-electron chi connectivity index (χ1n) is 9.32. The zero-order valence-electron chi connectivity index (χ0n) is 16.5. The van der Waals surface area contributed by atoms with E-state index in [0.29, 0.717) is 37.6 Å². The SMILES string of the molecule is COc1cccc(NC(=O)C(C)(C)C(=O)N2CCN(c3ccccn3)CC2)c1.